The lowest BCUT2D eigenvalue weighted by Crippen LogP contribution is -2.18. The van der Waals surface area contributed by atoms with E-state index in [2.05, 4.69) is 48.5 Å². The van der Waals surface area contributed by atoms with Crippen LogP contribution in [0.4, 0.5) is 0 Å². The smallest absolute Gasteiger partial charge is 0.0649 e. The third kappa shape index (κ3) is 3.26. The first-order chi connectivity index (χ1) is 9.63. The predicted octanol–water partition coefficient (Wildman–Crippen LogP) is 2.53. The fourth-order valence-electron chi connectivity index (χ4n) is 2.13. The molecule has 1 N–H and O–H groups in total. The maximum absolute atomic E-state index is 5.01. The van der Waals surface area contributed by atoms with Gasteiger partial charge in [0.25, 0.3) is 0 Å². The van der Waals surface area contributed by atoms with Crippen molar-refractivity contribution in [3.8, 4) is 5.69 Å². The van der Waals surface area contributed by atoms with E-state index in [4.69, 9.17) is 4.74 Å². The van der Waals surface area contributed by atoms with Gasteiger partial charge in [-0.15, -0.1) is 0 Å². The van der Waals surface area contributed by atoms with Gasteiger partial charge < -0.3 is 10.1 Å². The summed E-state index contributed by atoms with van der Waals surface area (Å²) in [4.78, 5) is 0. The molecule has 2 aromatic rings. The van der Waals surface area contributed by atoms with E-state index in [1.807, 2.05) is 11.6 Å². The molecule has 1 heterocycles. The molecule has 0 spiro atoms. The minimum absolute atomic E-state index is 0.739. The van der Waals surface area contributed by atoms with E-state index in [1.54, 1.807) is 7.11 Å². The van der Waals surface area contributed by atoms with Crippen molar-refractivity contribution in [2.45, 2.75) is 27.3 Å². The van der Waals surface area contributed by atoms with Crippen LogP contribution >= 0.6 is 0 Å². The second kappa shape index (κ2) is 6.68. The molecule has 0 atom stereocenters. The molecular weight excluding hydrogens is 250 g/mol. The molecule has 0 unspecified atom stereocenters. The topological polar surface area (TPSA) is 39.1 Å². The van der Waals surface area contributed by atoms with Gasteiger partial charge in [-0.3, -0.25) is 0 Å². The van der Waals surface area contributed by atoms with E-state index < -0.39 is 0 Å². The van der Waals surface area contributed by atoms with E-state index in [0.717, 1.165) is 31.1 Å². The van der Waals surface area contributed by atoms with Gasteiger partial charge in [0.05, 0.1) is 18.0 Å². The van der Waals surface area contributed by atoms with Crippen molar-refractivity contribution in [1.29, 1.82) is 0 Å². The lowest BCUT2D eigenvalue weighted by molar-refractivity contribution is 0.199. The third-order valence-corrected chi connectivity index (χ3v) is 3.65. The number of rotatable bonds is 6. The van der Waals surface area contributed by atoms with E-state index in [-0.39, 0.29) is 0 Å². The van der Waals surface area contributed by atoms with Crippen LogP contribution in [-0.4, -0.2) is 30.0 Å². The fraction of sp³-hybridized carbons (Fsp3) is 0.438. The summed E-state index contributed by atoms with van der Waals surface area (Å²) in [6, 6.07) is 8.51. The highest BCUT2D eigenvalue weighted by Crippen LogP contribution is 2.17. The lowest BCUT2D eigenvalue weighted by Gasteiger charge is -2.07. The molecule has 0 saturated carbocycles. The Labute approximate surface area is 120 Å². The summed E-state index contributed by atoms with van der Waals surface area (Å²) < 4.78 is 7.02. The molecule has 0 bridgehead atoms. The van der Waals surface area contributed by atoms with Gasteiger partial charge in [-0.25, -0.2) is 4.68 Å². The van der Waals surface area contributed by atoms with Crippen LogP contribution in [-0.2, 0) is 11.3 Å². The van der Waals surface area contributed by atoms with Crippen molar-refractivity contribution < 1.29 is 4.74 Å². The van der Waals surface area contributed by atoms with Crippen LogP contribution < -0.4 is 5.32 Å². The number of nitrogens with zero attached hydrogens (tertiary/aromatic N) is 2. The van der Waals surface area contributed by atoms with Crippen LogP contribution in [0.5, 0.6) is 0 Å². The number of hydrogen-bond acceptors (Lipinski definition) is 3. The summed E-state index contributed by atoms with van der Waals surface area (Å²) in [5.74, 6) is 0. The van der Waals surface area contributed by atoms with Crippen LogP contribution in [0.15, 0.2) is 24.3 Å². The molecule has 0 saturated heterocycles. The van der Waals surface area contributed by atoms with Crippen LogP contribution in [0, 0.1) is 20.8 Å². The first-order valence-corrected chi connectivity index (χ1v) is 6.95. The van der Waals surface area contributed by atoms with Gasteiger partial charge in [0, 0.05) is 25.9 Å². The van der Waals surface area contributed by atoms with Crippen LogP contribution in [0.2, 0.25) is 0 Å². The zero-order valence-electron chi connectivity index (χ0n) is 12.7. The van der Waals surface area contributed by atoms with Crippen molar-refractivity contribution in [2.75, 3.05) is 20.3 Å². The van der Waals surface area contributed by atoms with Gasteiger partial charge in [0.1, 0.15) is 0 Å². The lowest BCUT2D eigenvalue weighted by atomic mass is 10.2. The van der Waals surface area contributed by atoms with Crippen molar-refractivity contribution in [3.63, 3.8) is 0 Å². The predicted molar refractivity (Wildman–Crippen MR) is 81.4 cm³/mol. The Bertz CT molecular complexity index is 558. The zero-order chi connectivity index (χ0) is 14.5. The minimum atomic E-state index is 0.739. The number of ether oxygens (including phenoxy) is 1. The summed E-state index contributed by atoms with van der Waals surface area (Å²) in [6.45, 7) is 8.74. The van der Waals surface area contributed by atoms with Crippen molar-refractivity contribution in [3.05, 3.63) is 46.8 Å². The fourth-order valence-corrected chi connectivity index (χ4v) is 2.13. The molecule has 0 aliphatic rings. The van der Waals surface area contributed by atoms with Crippen molar-refractivity contribution >= 4 is 0 Å². The van der Waals surface area contributed by atoms with Crippen LogP contribution in [0.3, 0.4) is 0 Å². The SMILES string of the molecule is COCCNCc1ccc(-n2nc(C)c(C)c2C)cc1. The maximum atomic E-state index is 5.01. The molecule has 2 rings (SSSR count). The average Bonchev–Trinajstić information content (AvgIpc) is 2.72. The second-order valence-corrected chi connectivity index (χ2v) is 5.04. The zero-order valence-corrected chi connectivity index (χ0v) is 12.7. The monoisotopic (exact) mass is 273 g/mol. The molecule has 20 heavy (non-hydrogen) atoms. The summed E-state index contributed by atoms with van der Waals surface area (Å²) in [7, 11) is 1.72. The Morgan fingerprint density at radius 1 is 1.15 bits per heavy atom. The highest BCUT2D eigenvalue weighted by atomic mass is 16.5. The summed E-state index contributed by atoms with van der Waals surface area (Å²) in [6.07, 6.45) is 0. The summed E-state index contributed by atoms with van der Waals surface area (Å²) >= 11 is 0. The molecular formula is C16H23N3O. The molecule has 4 nitrogen and oxygen atoms in total. The highest BCUT2D eigenvalue weighted by Gasteiger charge is 2.08. The van der Waals surface area contributed by atoms with Gasteiger partial charge in [0.15, 0.2) is 0 Å². The van der Waals surface area contributed by atoms with E-state index in [9.17, 15) is 0 Å². The maximum Gasteiger partial charge on any atom is 0.0649 e. The number of hydrogen-bond donors (Lipinski definition) is 1. The van der Waals surface area contributed by atoms with Gasteiger partial charge in [-0.1, -0.05) is 12.1 Å². The minimum Gasteiger partial charge on any atom is -0.383 e. The molecule has 0 radical (unpaired) electrons. The van der Waals surface area contributed by atoms with Gasteiger partial charge in [-0.2, -0.15) is 5.10 Å². The number of benzene rings is 1. The first-order valence-electron chi connectivity index (χ1n) is 6.95. The number of aryl methyl sites for hydroxylation is 1. The standard InChI is InChI=1S/C16H23N3O/c1-12-13(2)18-19(14(12)3)16-7-5-15(6-8-16)11-17-9-10-20-4/h5-8,17H,9-11H2,1-4H3. The Balaban J connectivity index is 2.06. The average molecular weight is 273 g/mol. The molecule has 0 aliphatic carbocycles. The Morgan fingerprint density at radius 3 is 2.40 bits per heavy atom. The van der Waals surface area contributed by atoms with Crippen LogP contribution in [0.25, 0.3) is 5.69 Å². The summed E-state index contributed by atoms with van der Waals surface area (Å²) in [5.41, 5.74) is 5.93. The number of aromatic nitrogens is 2. The second-order valence-electron chi connectivity index (χ2n) is 5.04. The third-order valence-electron chi connectivity index (χ3n) is 3.65. The molecule has 0 fully saturated rings. The van der Waals surface area contributed by atoms with E-state index in [1.165, 1.54) is 16.8 Å². The molecule has 0 amide bonds. The van der Waals surface area contributed by atoms with Gasteiger partial charge in [-0.05, 0) is 44.0 Å². The van der Waals surface area contributed by atoms with Crippen molar-refractivity contribution in [2.24, 2.45) is 0 Å². The molecule has 1 aromatic heterocycles. The summed E-state index contributed by atoms with van der Waals surface area (Å²) in [5, 5.41) is 7.92. The van der Waals surface area contributed by atoms with Crippen LogP contribution in [0.1, 0.15) is 22.5 Å². The van der Waals surface area contributed by atoms with Gasteiger partial charge >= 0.3 is 0 Å². The van der Waals surface area contributed by atoms with E-state index >= 15 is 0 Å². The number of methoxy groups -OCH3 is 1. The normalized spacial score (nSPS) is 11.0. The Kier molecular flexibility index (Phi) is 4.93. The quantitative estimate of drug-likeness (QED) is 0.822. The number of nitrogens with one attached hydrogen (secondary N) is 1. The molecule has 0 aliphatic heterocycles. The van der Waals surface area contributed by atoms with Gasteiger partial charge in [0.2, 0.25) is 0 Å². The Hall–Kier alpha value is -1.65. The highest BCUT2D eigenvalue weighted by molar-refractivity contribution is 5.38. The first kappa shape index (κ1) is 14.8. The molecule has 1 aromatic carbocycles. The van der Waals surface area contributed by atoms with Crippen molar-refractivity contribution in [1.82, 2.24) is 15.1 Å². The largest absolute Gasteiger partial charge is 0.383 e. The molecule has 108 valence electrons. The van der Waals surface area contributed by atoms with E-state index in [0.29, 0.717) is 0 Å². The molecule has 4 heteroatoms. The Morgan fingerprint density at radius 2 is 1.85 bits per heavy atom.